The maximum absolute atomic E-state index is 13.0. The summed E-state index contributed by atoms with van der Waals surface area (Å²) in [6.45, 7) is 3.94. The molecule has 1 fully saturated rings. The summed E-state index contributed by atoms with van der Waals surface area (Å²) in [6.07, 6.45) is 1.71. The molecule has 33 heavy (non-hydrogen) atoms. The smallest absolute Gasteiger partial charge is 0.328 e. The lowest BCUT2D eigenvalue weighted by Gasteiger charge is -2.18. The predicted octanol–water partition coefficient (Wildman–Crippen LogP) is 5.90. The van der Waals surface area contributed by atoms with Crippen molar-refractivity contribution in [3.63, 3.8) is 0 Å². The molecule has 0 unspecified atom stereocenters. The molecule has 0 N–H and O–H groups in total. The number of fused-ring (bicyclic) bond motifs is 1. The standard InChI is InChI=1S/C24H20Cl2N2O4S/c1-13-18(11-21-22(29)28(24(31)33-21)14(2)23(30)32-3)17-6-4-5-7-20(17)27(13)12-15-8-9-16(25)10-19(15)26/h4-11,14H,12H2,1-3H3/b21-11+/t14-/m0/s1. The minimum Gasteiger partial charge on any atom is -0.467 e. The van der Waals surface area contributed by atoms with Gasteiger partial charge in [-0.15, -0.1) is 0 Å². The number of hydrogen-bond acceptors (Lipinski definition) is 5. The van der Waals surface area contributed by atoms with Gasteiger partial charge in [0.15, 0.2) is 0 Å². The third-order valence-corrected chi connectivity index (χ3v) is 7.12. The molecule has 1 aromatic heterocycles. The van der Waals surface area contributed by atoms with Crippen LogP contribution in [0.1, 0.15) is 23.7 Å². The van der Waals surface area contributed by atoms with E-state index in [1.54, 1.807) is 18.2 Å². The Morgan fingerprint density at radius 1 is 1.18 bits per heavy atom. The number of nitrogens with zero attached hydrogens (tertiary/aromatic N) is 2. The van der Waals surface area contributed by atoms with Gasteiger partial charge >= 0.3 is 5.97 Å². The van der Waals surface area contributed by atoms with Crippen LogP contribution in [-0.2, 0) is 20.9 Å². The van der Waals surface area contributed by atoms with Gasteiger partial charge in [0.05, 0.1) is 12.0 Å². The first kappa shape index (κ1) is 23.4. The van der Waals surface area contributed by atoms with Gasteiger partial charge in [-0.2, -0.15) is 0 Å². The van der Waals surface area contributed by atoms with Crippen molar-refractivity contribution < 1.29 is 19.1 Å². The molecule has 3 aromatic rings. The molecule has 1 atom stereocenters. The summed E-state index contributed by atoms with van der Waals surface area (Å²) in [4.78, 5) is 38.6. The van der Waals surface area contributed by atoms with Crippen LogP contribution in [-0.4, -0.2) is 39.7 Å². The number of carbonyl (C=O) groups is 3. The molecule has 0 saturated carbocycles. The van der Waals surface area contributed by atoms with Crippen molar-refractivity contribution in [2.75, 3.05) is 7.11 Å². The minimum absolute atomic E-state index is 0.256. The van der Waals surface area contributed by atoms with Crippen LogP contribution in [0.4, 0.5) is 4.79 Å². The summed E-state index contributed by atoms with van der Waals surface area (Å²) in [5.74, 6) is -1.16. The molecule has 2 amide bonds. The molecule has 0 bridgehead atoms. The SMILES string of the molecule is COC(=O)[C@H](C)N1C(=O)S/C(=C/c2c(C)n(Cc3ccc(Cl)cc3Cl)c3ccccc23)C1=O. The number of rotatable bonds is 5. The fraction of sp³-hybridized carbons (Fsp3) is 0.208. The van der Waals surface area contributed by atoms with Gasteiger partial charge in [0.25, 0.3) is 11.1 Å². The van der Waals surface area contributed by atoms with Crippen molar-refractivity contribution in [1.29, 1.82) is 0 Å². The van der Waals surface area contributed by atoms with E-state index in [0.29, 0.717) is 16.6 Å². The number of halogens is 2. The first-order valence-electron chi connectivity index (χ1n) is 10.1. The molecule has 2 aromatic carbocycles. The quantitative estimate of drug-likeness (QED) is 0.320. The normalized spacial score (nSPS) is 16.2. The van der Waals surface area contributed by atoms with Crippen LogP contribution in [0, 0.1) is 6.92 Å². The van der Waals surface area contributed by atoms with Crippen molar-refractivity contribution in [1.82, 2.24) is 9.47 Å². The summed E-state index contributed by atoms with van der Waals surface area (Å²) >= 11 is 13.3. The molecule has 0 spiro atoms. The van der Waals surface area contributed by atoms with Crippen molar-refractivity contribution >= 4 is 69.1 Å². The van der Waals surface area contributed by atoms with Crippen molar-refractivity contribution in [2.45, 2.75) is 26.4 Å². The number of para-hydroxylation sites is 1. The van der Waals surface area contributed by atoms with Crippen molar-refractivity contribution in [3.8, 4) is 0 Å². The van der Waals surface area contributed by atoms with Crippen LogP contribution in [0.3, 0.4) is 0 Å². The number of thioether (sulfide) groups is 1. The first-order chi connectivity index (χ1) is 15.7. The Kier molecular flexibility index (Phi) is 6.56. The Morgan fingerprint density at radius 2 is 1.91 bits per heavy atom. The summed E-state index contributed by atoms with van der Waals surface area (Å²) < 4.78 is 6.80. The number of carbonyl (C=O) groups excluding carboxylic acids is 3. The number of benzene rings is 2. The fourth-order valence-corrected chi connectivity index (χ4v) is 5.24. The molecule has 6 nitrogen and oxygen atoms in total. The second kappa shape index (κ2) is 9.25. The number of amides is 2. The molecule has 9 heteroatoms. The highest BCUT2D eigenvalue weighted by Crippen LogP contribution is 2.37. The summed E-state index contributed by atoms with van der Waals surface area (Å²) in [5.41, 5.74) is 3.61. The molecular formula is C24H20Cl2N2O4S. The second-order valence-electron chi connectivity index (χ2n) is 7.59. The zero-order chi connectivity index (χ0) is 23.9. The largest absolute Gasteiger partial charge is 0.467 e. The topological polar surface area (TPSA) is 68.6 Å². The maximum atomic E-state index is 13.0. The van der Waals surface area contributed by atoms with E-state index in [2.05, 4.69) is 4.57 Å². The Morgan fingerprint density at radius 3 is 2.61 bits per heavy atom. The van der Waals surface area contributed by atoms with Gasteiger partial charge in [-0.1, -0.05) is 47.5 Å². The molecule has 2 heterocycles. The number of ether oxygens (including phenoxy) is 1. The van der Waals surface area contributed by atoms with Crippen LogP contribution in [0.2, 0.25) is 10.0 Å². The Labute approximate surface area is 205 Å². The summed E-state index contributed by atoms with van der Waals surface area (Å²) in [5, 5.41) is 1.57. The van der Waals surface area contributed by atoms with E-state index in [-0.39, 0.29) is 4.91 Å². The lowest BCUT2D eigenvalue weighted by Crippen LogP contribution is -2.42. The van der Waals surface area contributed by atoms with Gasteiger partial charge in [-0.25, -0.2) is 4.79 Å². The van der Waals surface area contributed by atoms with E-state index in [4.69, 9.17) is 27.9 Å². The van der Waals surface area contributed by atoms with Gasteiger partial charge in [0.2, 0.25) is 0 Å². The molecule has 1 aliphatic heterocycles. The highest BCUT2D eigenvalue weighted by atomic mass is 35.5. The van der Waals surface area contributed by atoms with Crippen LogP contribution in [0.15, 0.2) is 47.4 Å². The van der Waals surface area contributed by atoms with Crippen LogP contribution in [0.25, 0.3) is 17.0 Å². The summed E-state index contributed by atoms with van der Waals surface area (Å²) in [7, 11) is 1.22. The average molecular weight is 503 g/mol. The molecule has 170 valence electrons. The fourth-order valence-electron chi connectivity index (χ4n) is 3.88. The number of esters is 1. The monoisotopic (exact) mass is 502 g/mol. The maximum Gasteiger partial charge on any atom is 0.328 e. The van der Waals surface area contributed by atoms with Gasteiger partial charge in [-0.05, 0) is 55.4 Å². The Hall–Kier alpha value is -2.74. The number of aromatic nitrogens is 1. The molecule has 4 rings (SSSR count). The van der Waals surface area contributed by atoms with Gasteiger partial charge in [-0.3, -0.25) is 14.5 Å². The van der Waals surface area contributed by atoms with Gasteiger partial charge in [0, 0.05) is 38.8 Å². The molecule has 1 saturated heterocycles. The van der Waals surface area contributed by atoms with Gasteiger partial charge in [0.1, 0.15) is 6.04 Å². The van der Waals surface area contributed by atoms with Crippen LogP contribution >= 0.6 is 35.0 Å². The summed E-state index contributed by atoms with van der Waals surface area (Å²) in [6, 6.07) is 12.2. The zero-order valence-corrected chi connectivity index (χ0v) is 20.4. The molecule has 0 aliphatic carbocycles. The molecule has 0 radical (unpaired) electrons. The average Bonchev–Trinajstić information content (AvgIpc) is 3.22. The van der Waals surface area contributed by atoms with Crippen LogP contribution in [0.5, 0.6) is 0 Å². The molecular weight excluding hydrogens is 483 g/mol. The third kappa shape index (κ3) is 4.28. The zero-order valence-electron chi connectivity index (χ0n) is 18.1. The van der Waals surface area contributed by atoms with Crippen LogP contribution < -0.4 is 0 Å². The van der Waals surface area contributed by atoms with Crippen molar-refractivity contribution in [2.24, 2.45) is 0 Å². The van der Waals surface area contributed by atoms with E-state index in [1.807, 2.05) is 37.3 Å². The van der Waals surface area contributed by atoms with E-state index >= 15 is 0 Å². The Balaban J connectivity index is 1.77. The number of hydrogen-bond donors (Lipinski definition) is 0. The first-order valence-corrected chi connectivity index (χ1v) is 11.7. The second-order valence-corrected chi connectivity index (χ2v) is 9.43. The highest BCUT2D eigenvalue weighted by molar-refractivity contribution is 8.18. The Bertz CT molecular complexity index is 1330. The lowest BCUT2D eigenvalue weighted by molar-refractivity contribution is -0.148. The van der Waals surface area contributed by atoms with Crippen molar-refractivity contribution in [3.05, 3.63) is 74.2 Å². The van der Waals surface area contributed by atoms with Gasteiger partial charge < -0.3 is 9.30 Å². The number of imide groups is 1. The minimum atomic E-state index is -0.997. The van der Waals surface area contributed by atoms with E-state index < -0.39 is 23.2 Å². The lowest BCUT2D eigenvalue weighted by atomic mass is 10.1. The van der Waals surface area contributed by atoms with E-state index in [0.717, 1.165) is 44.4 Å². The van der Waals surface area contributed by atoms with E-state index in [9.17, 15) is 14.4 Å². The number of methoxy groups -OCH3 is 1. The third-order valence-electron chi connectivity index (χ3n) is 5.65. The predicted molar refractivity (Wildman–Crippen MR) is 132 cm³/mol. The van der Waals surface area contributed by atoms with E-state index in [1.165, 1.54) is 14.0 Å². The highest BCUT2D eigenvalue weighted by Gasteiger charge is 2.41. The molecule has 1 aliphatic rings.